The molecule has 0 aromatic rings. The van der Waals surface area contributed by atoms with Crippen molar-refractivity contribution < 1.29 is 78.7 Å². The predicted octanol–water partition coefficient (Wildman–Crippen LogP) is 6.28. The molecular formula is C53H85NO14. The van der Waals surface area contributed by atoms with Crippen molar-refractivity contribution in [3.63, 3.8) is 0 Å². The zero-order chi connectivity index (χ0) is 57.4. The van der Waals surface area contributed by atoms with Crippen LogP contribution in [0, 0.1) is 41.4 Å². The summed E-state index contributed by atoms with van der Waals surface area (Å²) >= 11 is 0. The first-order valence-electron chi connectivity index (χ1n) is 28.5. The molecule has 4 aliphatic rings. The number of hydrogen-bond donors (Lipinski definition) is 3. The molecule has 3 aliphatic heterocycles. The number of fused-ring (bicyclic) bond motifs is 3. The number of esters is 1. The molecular weight excluding hydrogens is 875 g/mol. The van der Waals surface area contributed by atoms with Crippen molar-refractivity contribution in [1.29, 1.82) is 0 Å². The Morgan fingerprint density at radius 3 is 2.37 bits per heavy atom. The summed E-state index contributed by atoms with van der Waals surface area (Å²) in [5.41, 5.74) is 0.801. The molecule has 3 heterocycles. The maximum absolute atomic E-state index is 14.7. The number of ether oxygens (including phenoxy) is 6. The molecule has 0 radical (unpaired) electrons. The van der Waals surface area contributed by atoms with E-state index < -0.39 is 159 Å². The van der Waals surface area contributed by atoms with Gasteiger partial charge in [0.25, 0.3) is 11.7 Å². The molecule has 0 spiro atoms. The van der Waals surface area contributed by atoms with E-state index in [9.17, 15) is 40.7 Å². The summed E-state index contributed by atoms with van der Waals surface area (Å²) in [7, 11) is -0.459. The van der Waals surface area contributed by atoms with E-state index in [4.69, 9.17) is 38.0 Å². The number of rotatable bonds is 9. The zero-order valence-electron chi connectivity index (χ0n) is 49.7. The highest BCUT2D eigenvalue weighted by Crippen LogP contribution is 2.38. The Bertz CT molecular complexity index is 2110. The molecule has 0 aromatic heterocycles. The van der Waals surface area contributed by atoms with Gasteiger partial charge in [-0.05, 0) is 107 Å². The number of nitrogens with zero attached hydrogens (tertiary/aromatic N) is 1. The summed E-state index contributed by atoms with van der Waals surface area (Å²) in [6.45, 7) is 10.4. The van der Waals surface area contributed by atoms with Crippen molar-refractivity contribution in [2.24, 2.45) is 41.4 Å². The molecule has 2 saturated heterocycles. The van der Waals surface area contributed by atoms with Crippen LogP contribution in [0.25, 0.3) is 0 Å². The predicted molar refractivity (Wildman–Crippen MR) is 256 cm³/mol. The van der Waals surface area contributed by atoms with Crippen molar-refractivity contribution in [3.05, 3.63) is 36.0 Å². The summed E-state index contributed by atoms with van der Waals surface area (Å²) in [5.74, 6) is -12.4. The normalized spacial score (nSPS) is 45.5. The van der Waals surface area contributed by atoms with Gasteiger partial charge in [0.15, 0.2) is 5.78 Å². The Morgan fingerprint density at radius 2 is 1.68 bits per heavy atom. The lowest BCUT2D eigenvalue weighted by atomic mass is 9.78. The summed E-state index contributed by atoms with van der Waals surface area (Å²) < 4.78 is 103. The van der Waals surface area contributed by atoms with E-state index in [-0.39, 0.29) is 63.2 Å². The van der Waals surface area contributed by atoms with E-state index in [2.05, 4.69) is 0 Å². The summed E-state index contributed by atoms with van der Waals surface area (Å²) in [4.78, 5) is 72.6. The minimum Gasteiger partial charge on any atom is -0.460 e. The maximum atomic E-state index is 14.7. The van der Waals surface area contributed by atoms with Crippen LogP contribution in [0.4, 0.5) is 0 Å². The number of allylic oxidation sites excluding steroid dienone is 5. The zero-order valence-corrected chi connectivity index (χ0v) is 41.7. The van der Waals surface area contributed by atoms with E-state index >= 15 is 0 Å². The first-order valence-corrected chi connectivity index (χ1v) is 24.5. The number of cyclic esters (lactones) is 1. The molecule has 386 valence electrons. The highest BCUT2D eigenvalue weighted by molar-refractivity contribution is 6.39. The summed E-state index contributed by atoms with van der Waals surface area (Å²) in [6, 6.07) is -2.56. The van der Waals surface area contributed by atoms with E-state index in [0.717, 1.165) is 10.5 Å². The molecule has 3 N–H and O–H groups in total. The number of aliphatic hydroxyl groups excluding tert-OH is 2. The van der Waals surface area contributed by atoms with Gasteiger partial charge >= 0.3 is 5.97 Å². The molecule has 1 saturated carbocycles. The monoisotopic (exact) mass is 976 g/mol. The molecule has 15 nitrogen and oxygen atoms in total. The average molecular weight is 976 g/mol. The average Bonchev–Trinajstić information content (AvgIpc) is 3.33. The van der Waals surface area contributed by atoms with Gasteiger partial charge in [-0.2, -0.15) is 0 Å². The van der Waals surface area contributed by atoms with Crippen LogP contribution < -0.4 is 0 Å². The second-order valence-corrected chi connectivity index (χ2v) is 19.7. The van der Waals surface area contributed by atoms with Crippen LogP contribution in [0.3, 0.4) is 0 Å². The van der Waals surface area contributed by atoms with Crippen molar-refractivity contribution in [2.45, 2.75) is 186 Å². The second kappa shape index (κ2) is 27.5. The van der Waals surface area contributed by atoms with E-state index in [1.165, 1.54) is 14.2 Å². The third-order valence-electron chi connectivity index (χ3n) is 14.3. The molecule has 4 rings (SSSR count). The van der Waals surface area contributed by atoms with Crippen molar-refractivity contribution in [3.8, 4) is 0 Å². The topological polar surface area (TPSA) is 205 Å². The fourth-order valence-electron chi connectivity index (χ4n) is 9.91. The van der Waals surface area contributed by atoms with Gasteiger partial charge in [0, 0.05) is 61.1 Å². The highest BCUT2D eigenvalue weighted by Gasteiger charge is 2.53. The fraction of sp³-hybridized carbons (Fsp3) is 0.792. The van der Waals surface area contributed by atoms with Crippen LogP contribution in [0.5, 0.6) is 0 Å². The first-order chi connectivity index (χ1) is 35.2. The van der Waals surface area contributed by atoms with Crippen LogP contribution in [0.15, 0.2) is 36.0 Å². The second-order valence-electron chi connectivity index (χ2n) is 19.7. The third kappa shape index (κ3) is 15.4. The molecule has 68 heavy (non-hydrogen) atoms. The SMILES string of the molecule is [3H]C([3H])([3H])O[C@]1([3H])C[C@H](C[C@@H](C)[C@@H]2CC(=O)[C@H](C)C[C@H](C)[C@@H](O)[C@@H](OC)C(=O)[C@H](C)C[C@H](C)\C=C/C=C\C=C(\C)[C@@H](OC)C[C@@H]3CC[C@@H](C)[C@@](O)(O3)C(=O)C(=O)N3CCCC[C@@]3([3H])C(=O)O2)CC([3H])([3H])C1([3H])OCCO. The maximum Gasteiger partial charge on any atom is 0.329 e. The van der Waals surface area contributed by atoms with Gasteiger partial charge in [0.1, 0.15) is 24.0 Å². The molecule has 15 heteroatoms. The van der Waals surface area contributed by atoms with Crippen molar-refractivity contribution in [1.82, 2.24) is 4.90 Å². The number of ketones is 3. The Hall–Kier alpha value is -3.15. The minimum absolute atomic E-state index is 0.0359. The molecule has 3 fully saturated rings. The van der Waals surface area contributed by atoms with Crippen LogP contribution in [-0.2, 0) is 52.4 Å². The number of carbonyl (C=O) groups excluding carboxylic acids is 5. The van der Waals surface area contributed by atoms with Gasteiger partial charge in [-0.3, -0.25) is 19.2 Å². The smallest absolute Gasteiger partial charge is 0.329 e. The van der Waals surface area contributed by atoms with Gasteiger partial charge in [0.05, 0.1) is 51.9 Å². The number of Topliss-reactive ketones (excluding diaryl/α,β-unsaturated/α-hetero) is 3. The molecule has 2 bridgehead atoms. The standard InChI is InChI=1S/C53H85NO14/c1-32-16-12-11-13-17-33(2)44(63-8)30-40-21-19-38(7)53(62,68-40)50(59)51(60)54-23-15-14-18-41(54)52(61)67-45(35(4)28-39-20-22-43(66-25-24-55)46(29-39)64-9)31-42(56)34(3)27-37(6)48(58)49(65-10)47(57)36(5)26-32/h11-13,16-17,32,34-41,43-46,48-49,55,58,62H,14-15,18-31H2,1-10H3/b13-11-,16-12-,33-17-/t32-,34-,35-,36-,37+,38-,39+,40+,41+,43?,44+,45+,46-,48-,49+,53-/m1/s1/i9T3,22T2,41T,43T,46T. The van der Waals surface area contributed by atoms with E-state index in [0.29, 0.717) is 12.8 Å². The van der Waals surface area contributed by atoms with Gasteiger partial charge in [-0.25, -0.2) is 4.79 Å². The summed E-state index contributed by atoms with van der Waals surface area (Å²) in [5, 5.41) is 33.1. The lowest BCUT2D eigenvalue weighted by Crippen LogP contribution is -2.61. The Labute approximate surface area is 416 Å². The molecule has 0 aromatic carbocycles. The van der Waals surface area contributed by atoms with Crippen LogP contribution in [-0.4, -0.2) is 145 Å². The number of aliphatic hydroxyl groups is 3. The van der Waals surface area contributed by atoms with E-state index in [1.807, 2.05) is 44.2 Å². The number of methoxy groups -OCH3 is 3. The van der Waals surface area contributed by atoms with Gasteiger partial charge < -0.3 is 48.6 Å². The molecule has 1 amide bonds. The van der Waals surface area contributed by atoms with Crippen molar-refractivity contribution >= 4 is 29.2 Å². The number of amides is 1. The summed E-state index contributed by atoms with van der Waals surface area (Å²) in [6.07, 6.45) is -4.73. The molecule has 16 atom stereocenters. The van der Waals surface area contributed by atoms with E-state index in [1.54, 1.807) is 34.6 Å². The lowest BCUT2D eigenvalue weighted by molar-refractivity contribution is -0.265. The van der Waals surface area contributed by atoms with Gasteiger partial charge in [-0.15, -0.1) is 0 Å². The van der Waals surface area contributed by atoms with Crippen LogP contribution in [0.2, 0.25) is 0 Å². The number of hydrogen-bond acceptors (Lipinski definition) is 14. The number of piperidine rings is 1. The molecule has 1 aliphatic carbocycles. The number of carbonyl (C=O) groups is 5. The first kappa shape index (κ1) is 46.0. The highest BCUT2D eigenvalue weighted by atomic mass is 16.6. The fourth-order valence-corrected chi connectivity index (χ4v) is 9.91. The Balaban J connectivity index is 1.78. The van der Waals surface area contributed by atoms with Gasteiger partial charge in [0.2, 0.25) is 5.79 Å². The van der Waals surface area contributed by atoms with Gasteiger partial charge in [-0.1, -0.05) is 71.9 Å². The minimum atomic E-state index is -3.30. The lowest BCUT2D eigenvalue weighted by Gasteiger charge is -2.42. The van der Waals surface area contributed by atoms with Crippen molar-refractivity contribution in [2.75, 3.05) is 41.0 Å². The largest absolute Gasteiger partial charge is 0.460 e. The quantitative estimate of drug-likeness (QED) is 0.172. The van der Waals surface area contributed by atoms with Crippen LogP contribution >= 0.6 is 0 Å². The molecule has 1 unspecified atom stereocenters. The third-order valence-corrected chi connectivity index (χ3v) is 14.3. The Kier molecular flexibility index (Phi) is 18.6. The van der Waals surface area contributed by atoms with Crippen LogP contribution in [0.1, 0.15) is 143 Å². The Morgan fingerprint density at radius 1 is 0.926 bits per heavy atom.